The molecule has 0 saturated heterocycles. The zero-order valence-corrected chi connectivity index (χ0v) is 15.3. The first-order valence-corrected chi connectivity index (χ1v) is 9.46. The van der Waals surface area contributed by atoms with Gasteiger partial charge in [0.25, 0.3) is 16.8 Å². The summed E-state index contributed by atoms with van der Waals surface area (Å²) in [5, 5.41) is 15.9. The van der Waals surface area contributed by atoms with Gasteiger partial charge in [0, 0.05) is 17.8 Å². The number of nitro benzene ring substituents is 1. The summed E-state index contributed by atoms with van der Waals surface area (Å²) in [6.45, 7) is 0. The summed E-state index contributed by atoms with van der Waals surface area (Å²) in [4.78, 5) is 27.4. The van der Waals surface area contributed by atoms with Crippen LogP contribution in [0.2, 0.25) is 0 Å². The lowest BCUT2D eigenvalue weighted by molar-refractivity contribution is -0.384. The lowest BCUT2D eigenvalue weighted by Crippen LogP contribution is -2.09. The molecule has 9 heteroatoms. The SMILES string of the molecule is O=C(Nc1ccc(Oc2nc3ccc([N+](=O)[O-])cc3s2)cc1)c1cccs1. The molecule has 0 bridgehead atoms. The highest BCUT2D eigenvalue weighted by molar-refractivity contribution is 7.20. The van der Waals surface area contributed by atoms with Crippen LogP contribution in [0.5, 0.6) is 10.9 Å². The highest BCUT2D eigenvalue weighted by atomic mass is 32.1. The van der Waals surface area contributed by atoms with Gasteiger partial charge in [-0.1, -0.05) is 17.4 Å². The number of thiophene rings is 1. The Bertz CT molecular complexity index is 1120. The fourth-order valence-corrected chi connectivity index (χ4v) is 3.84. The van der Waals surface area contributed by atoms with Gasteiger partial charge in [-0.25, -0.2) is 4.98 Å². The lowest BCUT2D eigenvalue weighted by Gasteiger charge is -2.05. The normalized spacial score (nSPS) is 10.7. The van der Waals surface area contributed by atoms with Gasteiger partial charge in [-0.15, -0.1) is 11.3 Å². The van der Waals surface area contributed by atoms with E-state index in [0.29, 0.717) is 31.7 Å². The second-order valence-corrected chi connectivity index (χ2v) is 7.39. The molecule has 27 heavy (non-hydrogen) atoms. The summed E-state index contributed by atoms with van der Waals surface area (Å²) in [6.07, 6.45) is 0. The molecular formula is C18H11N3O4S2. The predicted octanol–water partition coefficient (Wildman–Crippen LogP) is 5.31. The molecule has 0 atom stereocenters. The number of thiazole rings is 1. The number of nitro groups is 1. The maximum Gasteiger partial charge on any atom is 0.279 e. The topological polar surface area (TPSA) is 94.4 Å². The van der Waals surface area contributed by atoms with E-state index in [9.17, 15) is 14.9 Å². The van der Waals surface area contributed by atoms with Crippen molar-refractivity contribution < 1.29 is 14.5 Å². The zero-order valence-electron chi connectivity index (χ0n) is 13.6. The van der Waals surface area contributed by atoms with E-state index in [2.05, 4.69) is 10.3 Å². The Kier molecular flexibility index (Phi) is 4.53. The first-order valence-electron chi connectivity index (χ1n) is 7.76. The van der Waals surface area contributed by atoms with Gasteiger partial charge in [0.05, 0.1) is 20.0 Å². The largest absolute Gasteiger partial charge is 0.431 e. The van der Waals surface area contributed by atoms with Crippen LogP contribution in [0.25, 0.3) is 10.2 Å². The van der Waals surface area contributed by atoms with Gasteiger partial charge < -0.3 is 10.1 Å². The molecule has 0 spiro atoms. The summed E-state index contributed by atoms with van der Waals surface area (Å²) >= 11 is 2.60. The summed E-state index contributed by atoms with van der Waals surface area (Å²) in [5.74, 6) is 0.393. The molecule has 4 aromatic rings. The quantitative estimate of drug-likeness (QED) is 0.364. The first kappa shape index (κ1) is 17.1. The number of hydrogen-bond donors (Lipinski definition) is 1. The molecule has 0 radical (unpaired) electrons. The van der Waals surface area contributed by atoms with Crippen molar-refractivity contribution in [2.24, 2.45) is 0 Å². The summed E-state index contributed by atoms with van der Waals surface area (Å²) in [6, 6.07) is 15.0. The third-order valence-corrected chi connectivity index (χ3v) is 5.39. The average molecular weight is 397 g/mol. The van der Waals surface area contributed by atoms with E-state index >= 15 is 0 Å². The smallest absolute Gasteiger partial charge is 0.279 e. The number of carbonyl (C=O) groups is 1. The maximum absolute atomic E-state index is 12.0. The second kappa shape index (κ2) is 7.14. The van der Waals surface area contributed by atoms with Crippen LogP contribution in [0.4, 0.5) is 11.4 Å². The van der Waals surface area contributed by atoms with Crippen LogP contribution in [0.3, 0.4) is 0 Å². The number of ether oxygens (including phenoxy) is 1. The number of hydrogen-bond acceptors (Lipinski definition) is 7. The van der Waals surface area contributed by atoms with Gasteiger partial charge in [0.2, 0.25) is 0 Å². The molecule has 0 aliphatic heterocycles. The average Bonchev–Trinajstić information content (AvgIpc) is 3.32. The van der Waals surface area contributed by atoms with Crippen LogP contribution in [-0.4, -0.2) is 15.8 Å². The van der Waals surface area contributed by atoms with E-state index in [1.54, 1.807) is 36.4 Å². The molecule has 7 nitrogen and oxygen atoms in total. The first-order chi connectivity index (χ1) is 13.1. The van der Waals surface area contributed by atoms with Gasteiger partial charge in [0.15, 0.2) is 0 Å². The third-order valence-electron chi connectivity index (χ3n) is 3.63. The number of amides is 1. The van der Waals surface area contributed by atoms with Crippen LogP contribution in [0.15, 0.2) is 60.0 Å². The number of rotatable bonds is 5. The highest BCUT2D eigenvalue weighted by Crippen LogP contribution is 2.33. The Morgan fingerprint density at radius 3 is 2.67 bits per heavy atom. The molecule has 1 amide bonds. The summed E-state index contributed by atoms with van der Waals surface area (Å²) in [5.41, 5.74) is 1.31. The number of anilines is 1. The number of non-ortho nitro benzene ring substituents is 1. The molecule has 4 rings (SSSR count). The van der Waals surface area contributed by atoms with Crippen molar-refractivity contribution in [1.29, 1.82) is 0 Å². The van der Waals surface area contributed by atoms with Gasteiger partial charge in [-0.2, -0.15) is 0 Å². The van der Waals surface area contributed by atoms with E-state index < -0.39 is 4.92 Å². The van der Waals surface area contributed by atoms with Crippen molar-refractivity contribution in [1.82, 2.24) is 4.98 Å². The molecule has 2 aromatic heterocycles. The van der Waals surface area contributed by atoms with Crippen molar-refractivity contribution in [3.05, 3.63) is 75.0 Å². The minimum atomic E-state index is -0.442. The Hall–Kier alpha value is -3.30. The molecular weight excluding hydrogens is 386 g/mol. The standard InChI is InChI=1S/C18H11N3O4S2/c22-17(15-2-1-9-26-15)19-11-3-6-13(7-4-11)25-18-20-14-8-5-12(21(23)24)10-16(14)27-18/h1-10H,(H,19,22). The van der Waals surface area contributed by atoms with Gasteiger partial charge in [-0.3, -0.25) is 14.9 Å². The number of fused-ring (bicyclic) bond motifs is 1. The summed E-state index contributed by atoms with van der Waals surface area (Å²) in [7, 11) is 0. The number of nitrogens with zero attached hydrogens (tertiary/aromatic N) is 2. The molecule has 1 N–H and O–H groups in total. The maximum atomic E-state index is 12.0. The van der Waals surface area contributed by atoms with Gasteiger partial charge in [0.1, 0.15) is 5.75 Å². The third kappa shape index (κ3) is 3.78. The molecule has 2 heterocycles. The predicted molar refractivity (Wildman–Crippen MR) is 105 cm³/mol. The lowest BCUT2D eigenvalue weighted by atomic mass is 10.3. The van der Waals surface area contributed by atoms with E-state index in [1.165, 1.54) is 34.8 Å². The Morgan fingerprint density at radius 1 is 1.15 bits per heavy atom. The van der Waals surface area contributed by atoms with Crippen molar-refractivity contribution in [3.8, 4) is 10.9 Å². The highest BCUT2D eigenvalue weighted by Gasteiger charge is 2.12. The molecule has 0 saturated carbocycles. The monoisotopic (exact) mass is 397 g/mol. The summed E-state index contributed by atoms with van der Waals surface area (Å²) < 4.78 is 6.40. The Labute approximate surface area is 161 Å². The molecule has 2 aromatic carbocycles. The van der Waals surface area contributed by atoms with E-state index in [0.717, 1.165) is 0 Å². The molecule has 0 unspecified atom stereocenters. The van der Waals surface area contributed by atoms with Crippen molar-refractivity contribution in [2.45, 2.75) is 0 Å². The zero-order chi connectivity index (χ0) is 18.8. The Morgan fingerprint density at radius 2 is 1.96 bits per heavy atom. The minimum absolute atomic E-state index is 0.0172. The van der Waals surface area contributed by atoms with Crippen LogP contribution in [-0.2, 0) is 0 Å². The van der Waals surface area contributed by atoms with Crippen LogP contribution in [0.1, 0.15) is 9.67 Å². The molecule has 0 aliphatic rings. The number of aromatic nitrogens is 1. The molecule has 134 valence electrons. The van der Waals surface area contributed by atoms with Crippen molar-refractivity contribution in [2.75, 3.05) is 5.32 Å². The molecule has 0 fully saturated rings. The van der Waals surface area contributed by atoms with Crippen molar-refractivity contribution >= 4 is 50.2 Å². The Balaban J connectivity index is 1.47. The number of benzene rings is 2. The minimum Gasteiger partial charge on any atom is -0.431 e. The number of carbonyl (C=O) groups excluding carboxylic acids is 1. The van der Waals surface area contributed by atoms with Crippen LogP contribution >= 0.6 is 22.7 Å². The van der Waals surface area contributed by atoms with E-state index in [4.69, 9.17) is 4.74 Å². The van der Waals surface area contributed by atoms with Gasteiger partial charge in [-0.05, 0) is 41.8 Å². The van der Waals surface area contributed by atoms with Crippen LogP contribution < -0.4 is 10.1 Å². The van der Waals surface area contributed by atoms with Gasteiger partial charge >= 0.3 is 0 Å². The van der Waals surface area contributed by atoms with Crippen LogP contribution in [0, 0.1) is 10.1 Å². The van der Waals surface area contributed by atoms with E-state index in [-0.39, 0.29) is 11.6 Å². The molecule has 0 aliphatic carbocycles. The van der Waals surface area contributed by atoms with E-state index in [1.807, 2.05) is 11.4 Å². The fraction of sp³-hybridized carbons (Fsp3) is 0. The van der Waals surface area contributed by atoms with Crippen molar-refractivity contribution in [3.63, 3.8) is 0 Å². The number of nitrogens with one attached hydrogen (secondary N) is 1. The second-order valence-electron chi connectivity index (χ2n) is 5.45. The fourth-order valence-electron chi connectivity index (χ4n) is 2.36.